The van der Waals surface area contributed by atoms with E-state index in [1.54, 1.807) is 36.2 Å². The Morgan fingerprint density at radius 1 is 1.21 bits per heavy atom. The number of benzene rings is 1. The molecule has 0 saturated heterocycles. The monoisotopic (exact) mass is 258 g/mol. The zero-order valence-electron chi connectivity index (χ0n) is 10.5. The molecule has 0 spiro atoms. The number of nitrogens with zero attached hydrogens (tertiary/aromatic N) is 1. The number of amides is 1. The number of hydrogen-bond acceptors (Lipinski definition) is 3. The van der Waals surface area contributed by atoms with Gasteiger partial charge in [0.05, 0.1) is 12.8 Å². The topological polar surface area (TPSA) is 60.3 Å². The quantitative estimate of drug-likeness (QED) is 0.904. The van der Waals surface area contributed by atoms with Crippen molar-refractivity contribution in [1.29, 1.82) is 0 Å². The molecular formula is C14H14N2O3. The number of nitrogens with one attached hydrogen (secondary N) is 1. The number of methoxy groups -OCH3 is 1. The largest absolute Gasteiger partial charge is 0.495 e. The van der Waals surface area contributed by atoms with Crippen molar-refractivity contribution in [2.75, 3.05) is 12.4 Å². The van der Waals surface area contributed by atoms with Crippen molar-refractivity contribution >= 4 is 11.6 Å². The minimum absolute atomic E-state index is 0.0820. The van der Waals surface area contributed by atoms with Gasteiger partial charge in [0.25, 0.3) is 0 Å². The molecule has 5 heteroatoms. The van der Waals surface area contributed by atoms with E-state index in [9.17, 15) is 9.59 Å². The van der Waals surface area contributed by atoms with E-state index < -0.39 is 0 Å². The molecule has 0 bridgehead atoms. The minimum Gasteiger partial charge on any atom is -0.495 e. The number of rotatable bonds is 4. The normalized spacial score (nSPS) is 9.95. The maximum Gasteiger partial charge on any atom is 0.244 e. The van der Waals surface area contributed by atoms with Gasteiger partial charge in [-0.05, 0) is 12.1 Å². The third kappa shape index (κ3) is 3.45. The lowest BCUT2D eigenvalue weighted by atomic mass is 10.3. The Balaban J connectivity index is 2.05. The van der Waals surface area contributed by atoms with Crippen LogP contribution in [0.15, 0.2) is 53.6 Å². The summed E-state index contributed by atoms with van der Waals surface area (Å²) in [4.78, 5) is 22.8. The van der Waals surface area contributed by atoms with E-state index in [0.29, 0.717) is 11.4 Å². The standard InChI is InChI=1S/C14H14N2O3/c1-19-13-5-3-2-4-12(13)15-14(18)10-16-8-6-11(17)7-9-16/h2-9H,10H2,1H3,(H,15,18). The van der Waals surface area contributed by atoms with Gasteiger partial charge in [0.2, 0.25) is 5.91 Å². The fraction of sp³-hybridized carbons (Fsp3) is 0.143. The van der Waals surface area contributed by atoms with E-state index in [1.807, 2.05) is 12.1 Å². The number of aromatic nitrogens is 1. The van der Waals surface area contributed by atoms with Gasteiger partial charge in [0, 0.05) is 24.5 Å². The number of para-hydroxylation sites is 2. The molecule has 0 aliphatic rings. The average molecular weight is 258 g/mol. The Labute approximate surface area is 110 Å². The summed E-state index contributed by atoms with van der Waals surface area (Å²) in [6.07, 6.45) is 3.15. The van der Waals surface area contributed by atoms with Crippen LogP contribution < -0.4 is 15.5 Å². The second kappa shape index (κ2) is 5.86. The summed E-state index contributed by atoms with van der Waals surface area (Å²) in [5.74, 6) is 0.420. The van der Waals surface area contributed by atoms with Gasteiger partial charge in [-0.25, -0.2) is 0 Å². The summed E-state index contributed by atoms with van der Waals surface area (Å²) < 4.78 is 6.78. The van der Waals surface area contributed by atoms with Gasteiger partial charge in [0.15, 0.2) is 5.43 Å². The molecule has 98 valence electrons. The SMILES string of the molecule is COc1ccccc1NC(=O)Cn1ccc(=O)cc1. The van der Waals surface area contributed by atoms with Crippen molar-refractivity contribution < 1.29 is 9.53 Å². The molecule has 0 radical (unpaired) electrons. The summed E-state index contributed by atoms with van der Waals surface area (Å²) in [6.45, 7) is 0.137. The molecule has 0 fully saturated rings. The highest BCUT2D eigenvalue weighted by Crippen LogP contribution is 2.22. The maximum atomic E-state index is 11.9. The molecule has 2 rings (SSSR count). The lowest BCUT2D eigenvalue weighted by molar-refractivity contribution is -0.116. The fourth-order valence-electron chi connectivity index (χ4n) is 1.65. The Bertz CT molecular complexity index is 614. The molecule has 1 aromatic carbocycles. The Hall–Kier alpha value is -2.56. The molecule has 0 saturated carbocycles. The molecule has 1 heterocycles. The molecule has 1 aromatic heterocycles. The third-order valence-electron chi connectivity index (χ3n) is 2.57. The number of carbonyl (C=O) groups is 1. The predicted octanol–water partition coefficient (Wildman–Crippen LogP) is 1.50. The van der Waals surface area contributed by atoms with Crippen LogP contribution in [0.3, 0.4) is 0 Å². The van der Waals surface area contributed by atoms with Gasteiger partial charge in [-0.15, -0.1) is 0 Å². The van der Waals surface area contributed by atoms with E-state index in [4.69, 9.17) is 4.74 Å². The first-order valence-corrected chi connectivity index (χ1v) is 5.78. The number of pyridine rings is 1. The van der Waals surface area contributed by atoms with Crippen LogP contribution in [0.2, 0.25) is 0 Å². The fourth-order valence-corrected chi connectivity index (χ4v) is 1.65. The van der Waals surface area contributed by atoms with E-state index in [-0.39, 0.29) is 17.9 Å². The first-order valence-electron chi connectivity index (χ1n) is 5.78. The van der Waals surface area contributed by atoms with E-state index in [0.717, 1.165) is 0 Å². The van der Waals surface area contributed by atoms with Crippen molar-refractivity contribution in [3.63, 3.8) is 0 Å². The zero-order valence-corrected chi connectivity index (χ0v) is 10.5. The Morgan fingerprint density at radius 2 is 1.89 bits per heavy atom. The van der Waals surface area contributed by atoms with E-state index in [1.165, 1.54) is 12.1 Å². The van der Waals surface area contributed by atoms with Crippen LogP contribution in [0.25, 0.3) is 0 Å². The number of carbonyl (C=O) groups excluding carboxylic acids is 1. The second-order valence-corrected chi connectivity index (χ2v) is 3.95. The minimum atomic E-state index is -0.187. The highest BCUT2D eigenvalue weighted by atomic mass is 16.5. The lowest BCUT2D eigenvalue weighted by Crippen LogP contribution is -2.19. The Morgan fingerprint density at radius 3 is 2.58 bits per heavy atom. The van der Waals surface area contributed by atoms with Crippen molar-refractivity contribution in [1.82, 2.24) is 4.57 Å². The van der Waals surface area contributed by atoms with Crippen LogP contribution in [0.4, 0.5) is 5.69 Å². The average Bonchev–Trinajstić information content (AvgIpc) is 2.42. The van der Waals surface area contributed by atoms with Crippen LogP contribution in [0.1, 0.15) is 0 Å². The van der Waals surface area contributed by atoms with E-state index in [2.05, 4.69) is 5.32 Å². The molecule has 0 unspecified atom stereocenters. The predicted molar refractivity (Wildman–Crippen MR) is 72.3 cm³/mol. The Kier molecular flexibility index (Phi) is 3.97. The first kappa shape index (κ1) is 12.9. The highest BCUT2D eigenvalue weighted by Gasteiger charge is 2.06. The van der Waals surface area contributed by atoms with Crippen LogP contribution in [0, 0.1) is 0 Å². The second-order valence-electron chi connectivity index (χ2n) is 3.95. The molecule has 1 N–H and O–H groups in total. The number of anilines is 1. The molecular weight excluding hydrogens is 244 g/mol. The zero-order chi connectivity index (χ0) is 13.7. The first-order chi connectivity index (χ1) is 9.19. The van der Waals surface area contributed by atoms with Crippen molar-refractivity contribution in [3.8, 4) is 5.75 Å². The van der Waals surface area contributed by atoms with E-state index >= 15 is 0 Å². The molecule has 0 atom stereocenters. The molecule has 2 aromatic rings. The summed E-state index contributed by atoms with van der Waals surface area (Å²) in [5, 5.41) is 2.76. The van der Waals surface area contributed by atoms with Crippen LogP contribution in [-0.4, -0.2) is 17.6 Å². The van der Waals surface area contributed by atoms with Crippen molar-refractivity contribution in [3.05, 3.63) is 59.0 Å². The summed E-state index contributed by atoms with van der Waals surface area (Å²) in [6, 6.07) is 10.0. The third-order valence-corrected chi connectivity index (χ3v) is 2.57. The van der Waals surface area contributed by atoms with Gasteiger partial charge < -0.3 is 14.6 Å². The van der Waals surface area contributed by atoms with Crippen molar-refractivity contribution in [2.24, 2.45) is 0 Å². The van der Waals surface area contributed by atoms with Gasteiger partial charge in [-0.2, -0.15) is 0 Å². The molecule has 19 heavy (non-hydrogen) atoms. The molecule has 0 aliphatic heterocycles. The maximum absolute atomic E-state index is 11.9. The number of ether oxygens (including phenoxy) is 1. The highest BCUT2D eigenvalue weighted by molar-refractivity contribution is 5.92. The summed E-state index contributed by atoms with van der Waals surface area (Å²) in [5.41, 5.74) is 0.539. The van der Waals surface area contributed by atoms with Gasteiger partial charge in [0.1, 0.15) is 12.3 Å². The summed E-state index contributed by atoms with van der Waals surface area (Å²) in [7, 11) is 1.55. The molecule has 1 amide bonds. The smallest absolute Gasteiger partial charge is 0.244 e. The van der Waals surface area contributed by atoms with Crippen LogP contribution >= 0.6 is 0 Å². The van der Waals surface area contributed by atoms with Gasteiger partial charge >= 0.3 is 0 Å². The van der Waals surface area contributed by atoms with Crippen LogP contribution in [-0.2, 0) is 11.3 Å². The summed E-state index contributed by atoms with van der Waals surface area (Å²) >= 11 is 0. The van der Waals surface area contributed by atoms with Crippen LogP contribution in [0.5, 0.6) is 5.75 Å². The molecule has 5 nitrogen and oxygen atoms in total. The van der Waals surface area contributed by atoms with Gasteiger partial charge in [-0.1, -0.05) is 12.1 Å². The number of hydrogen-bond donors (Lipinski definition) is 1. The van der Waals surface area contributed by atoms with Gasteiger partial charge in [-0.3, -0.25) is 9.59 Å². The lowest BCUT2D eigenvalue weighted by Gasteiger charge is -2.10. The molecule has 0 aliphatic carbocycles. The van der Waals surface area contributed by atoms with Crippen molar-refractivity contribution in [2.45, 2.75) is 6.54 Å².